The molecule has 0 bridgehead atoms. The zero-order valence-corrected chi connectivity index (χ0v) is 8.33. The van der Waals surface area contributed by atoms with Crippen molar-refractivity contribution in [1.82, 2.24) is 4.57 Å². The largest absolute Gasteiger partial charge is 0.399 e. The summed E-state index contributed by atoms with van der Waals surface area (Å²) in [5.41, 5.74) is 14.3. The van der Waals surface area contributed by atoms with Gasteiger partial charge in [0.25, 0.3) is 0 Å². The standard InChI is InChI=1S/C11H15N3/c1-2-5-14-7-10(13)9-6-8(12)3-4-11(9)14/h3-4,6-7H,2,5,12-13H2,1H3. The fourth-order valence-electron chi connectivity index (χ4n) is 1.77. The Bertz CT molecular complexity index is 457. The lowest BCUT2D eigenvalue weighted by molar-refractivity contribution is 0.704. The zero-order valence-electron chi connectivity index (χ0n) is 8.33. The molecule has 0 saturated heterocycles. The zero-order chi connectivity index (χ0) is 10.1. The summed E-state index contributed by atoms with van der Waals surface area (Å²) >= 11 is 0. The van der Waals surface area contributed by atoms with Crippen LogP contribution in [0.1, 0.15) is 13.3 Å². The van der Waals surface area contributed by atoms with Gasteiger partial charge in [0.05, 0.1) is 11.2 Å². The average molecular weight is 189 g/mol. The molecule has 0 saturated carbocycles. The first kappa shape index (κ1) is 8.94. The van der Waals surface area contributed by atoms with Crippen LogP contribution in [-0.2, 0) is 6.54 Å². The maximum absolute atomic E-state index is 5.90. The Morgan fingerprint density at radius 3 is 2.79 bits per heavy atom. The Kier molecular flexibility index (Phi) is 2.08. The van der Waals surface area contributed by atoms with Crippen molar-refractivity contribution in [3.8, 4) is 0 Å². The summed E-state index contributed by atoms with van der Waals surface area (Å²) in [6.45, 7) is 3.15. The van der Waals surface area contributed by atoms with E-state index in [4.69, 9.17) is 11.5 Å². The molecule has 0 spiro atoms. The van der Waals surface area contributed by atoms with E-state index in [0.29, 0.717) is 0 Å². The van der Waals surface area contributed by atoms with Crippen LogP contribution in [0.5, 0.6) is 0 Å². The molecule has 2 rings (SSSR count). The van der Waals surface area contributed by atoms with E-state index in [9.17, 15) is 0 Å². The molecule has 1 aromatic carbocycles. The molecule has 0 unspecified atom stereocenters. The minimum Gasteiger partial charge on any atom is -0.399 e. The monoisotopic (exact) mass is 189 g/mol. The molecule has 1 aromatic heterocycles. The molecule has 0 radical (unpaired) electrons. The van der Waals surface area contributed by atoms with E-state index in [1.54, 1.807) is 0 Å². The van der Waals surface area contributed by atoms with Crippen molar-refractivity contribution in [3.05, 3.63) is 24.4 Å². The Morgan fingerprint density at radius 1 is 1.29 bits per heavy atom. The van der Waals surface area contributed by atoms with Gasteiger partial charge in [-0.05, 0) is 24.6 Å². The molecule has 74 valence electrons. The van der Waals surface area contributed by atoms with E-state index in [1.807, 2.05) is 24.4 Å². The van der Waals surface area contributed by atoms with Gasteiger partial charge >= 0.3 is 0 Å². The van der Waals surface area contributed by atoms with Crippen LogP contribution in [0.15, 0.2) is 24.4 Å². The van der Waals surface area contributed by atoms with E-state index in [2.05, 4.69) is 11.5 Å². The predicted octanol–water partition coefficient (Wildman–Crippen LogP) is 2.22. The first-order chi connectivity index (χ1) is 6.72. The van der Waals surface area contributed by atoms with Crippen LogP contribution >= 0.6 is 0 Å². The van der Waals surface area contributed by atoms with Gasteiger partial charge in [-0.15, -0.1) is 0 Å². The van der Waals surface area contributed by atoms with Gasteiger partial charge in [-0.1, -0.05) is 6.92 Å². The van der Waals surface area contributed by atoms with Crippen LogP contribution in [0.25, 0.3) is 10.9 Å². The number of nitrogens with two attached hydrogens (primary N) is 2. The number of fused-ring (bicyclic) bond motifs is 1. The molecule has 4 N–H and O–H groups in total. The smallest absolute Gasteiger partial charge is 0.0574 e. The van der Waals surface area contributed by atoms with E-state index in [1.165, 1.54) is 5.52 Å². The van der Waals surface area contributed by atoms with Crippen LogP contribution in [-0.4, -0.2) is 4.57 Å². The summed E-state index contributed by atoms with van der Waals surface area (Å²) in [7, 11) is 0. The number of aryl methyl sites for hydroxylation is 1. The van der Waals surface area contributed by atoms with Gasteiger partial charge in [0.15, 0.2) is 0 Å². The van der Waals surface area contributed by atoms with Crippen molar-refractivity contribution >= 4 is 22.3 Å². The highest BCUT2D eigenvalue weighted by molar-refractivity contribution is 5.93. The van der Waals surface area contributed by atoms with Gasteiger partial charge < -0.3 is 16.0 Å². The molecule has 0 aliphatic rings. The van der Waals surface area contributed by atoms with Crippen LogP contribution in [0, 0.1) is 0 Å². The summed E-state index contributed by atoms with van der Waals surface area (Å²) in [4.78, 5) is 0. The Hall–Kier alpha value is -1.64. The van der Waals surface area contributed by atoms with Crippen LogP contribution in [0.4, 0.5) is 11.4 Å². The SMILES string of the molecule is CCCn1cc(N)c2cc(N)ccc21. The predicted molar refractivity (Wildman–Crippen MR) is 61.1 cm³/mol. The number of aromatic nitrogens is 1. The summed E-state index contributed by atoms with van der Waals surface area (Å²) in [6.07, 6.45) is 3.08. The van der Waals surface area contributed by atoms with E-state index < -0.39 is 0 Å². The first-order valence-corrected chi connectivity index (χ1v) is 4.86. The highest BCUT2D eigenvalue weighted by Gasteiger charge is 2.04. The number of anilines is 2. The molecule has 0 fully saturated rings. The average Bonchev–Trinajstić information content (AvgIpc) is 2.44. The van der Waals surface area contributed by atoms with Crippen molar-refractivity contribution < 1.29 is 0 Å². The third-order valence-electron chi connectivity index (χ3n) is 2.40. The molecule has 1 heterocycles. The molecule has 14 heavy (non-hydrogen) atoms. The van der Waals surface area contributed by atoms with Crippen LogP contribution in [0.2, 0.25) is 0 Å². The maximum Gasteiger partial charge on any atom is 0.0574 e. The van der Waals surface area contributed by atoms with Crippen molar-refractivity contribution in [2.75, 3.05) is 11.5 Å². The second-order valence-electron chi connectivity index (χ2n) is 3.55. The van der Waals surface area contributed by atoms with Crippen LogP contribution in [0.3, 0.4) is 0 Å². The van der Waals surface area contributed by atoms with Crippen LogP contribution < -0.4 is 11.5 Å². The number of hydrogen-bond donors (Lipinski definition) is 2. The van der Waals surface area contributed by atoms with Gasteiger partial charge in [0.2, 0.25) is 0 Å². The maximum atomic E-state index is 5.90. The molecule has 2 aromatic rings. The lowest BCUT2D eigenvalue weighted by Gasteiger charge is -2.02. The summed E-state index contributed by atoms with van der Waals surface area (Å²) in [5.74, 6) is 0. The van der Waals surface area contributed by atoms with E-state index >= 15 is 0 Å². The fraction of sp³-hybridized carbons (Fsp3) is 0.273. The molecule has 0 aliphatic heterocycles. The van der Waals surface area contributed by atoms with Gasteiger partial charge in [-0.3, -0.25) is 0 Å². The van der Waals surface area contributed by atoms with Gasteiger partial charge in [-0.2, -0.15) is 0 Å². The minimum absolute atomic E-state index is 0.762. The number of rotatable bonds is 2. The number of nitrogen functional groups attached to an aromatic ring is 2. The number of benzene rings is 1. The van der Waals surface area contributed by atoms with Gasteiger partial charge in [0.1, 0.15) is 0 Å². The van der Waals surface area contributed by atoms with Crippen molar-refractivity contribution in [2.24, 2.45) is 0 Å². The molecular weight excluding hydrogens is 174 g/mol. The highest BCUT2D eigenvalue weighted by atomic mass is 15.0. The molecule has 0 amide bonds. The molecular formula is C11H15N3. The third kappa shape index (κ3) is 1.31. The molecule has 3 nitrogen and oxygen atoms in total. The first-order valence-electron chi connectivity index (χ1n) is 4.86. The second-order valence-corrected chi connectivity index (χ2v) is 3.55. The third-order valence-corrected chi connectivity index (χ3v) is 2.40. The highest BCUT2D eigenvalue weighted by Crippen LogP contribution is 2.25. The Morgan fingerprint density at radius 2 is 2.07 bits per heavy atom. The molecule has 0 atom stereocenters. The second kappa shape index (κ2) is 3.25. The summed E-state index contributed by atoms with van der Waals surface area (Å²) < 4.78 is 2.17. The lowest BCUT2D eigenvalue weighted by atomic mass is 10.2. The van der Waals surface area contributed by atoms with Crippen molar-refractivity contribution in [3.63, 3.8) is 0 Å². The summed E-state index contributed by atoms with van der Waals surface area (Å²) in [5, 5.41) is 1.05. The Balaban J connectivity index is 2.65. The number of hydrogen-bond acceptors (Lipinski definition) is 2. The van der Waals surface area contributed by atoms with Gasteiger partial charge in [-0.25, -0.2) is 0 Å². The van der Waals surface area contributed by atoms with Crippen molar-refractivity contribution in [2.45, 2.75) is 19.9 Å². The molecule has 3 heteroatoms. The normalized spacial score (nSPS) is 10.9. The Labute approximate surface area is 83.3 Å². The van der Waals surface area contributed by atoms with E-state index in [-0.39, 0.29) is 0 Å². The lowest BCUT2D eigenvalue weighted by Crippen LogP contribution is -1.93. The van der Waals surface area contributed by atoms with Gasteiger partial charge in [0, 0.05) is 23.8 Å². The topological polar surface area (TPSA) is 57.0 Å². The minimum atomic E-state index is 0.762. The van der Waals surface area contributed by atoms with Crippen molar-refractivity contribution in [1.29, 1.82) is 0 Å². The number of nitrogens with zero attached hydrogens (tertiary/aromatic N) is 1. The summed E-state index contributed by atoms with van der Waals surface area (Å²) in [6, 6.07) is 5.86. The molecule has 0 aliphatic carbocycles. The quantitative estimate of drug-likeness (QED) is 0.712. The fourth-order valence-corrected chi connectivity index (χ4v) is 1.77. The van der Waals surface area contributed by atoms with E-state index in [0.717, 1.165) is 29.7 Å².